The number of aromatic amines is 1. The molecule has 0 fully saturated rings. The van der Waals surface area contributed by atoms with Crippen molar-refractivity contribution in [3.63, 3.8) is 0 Å². The van der Waals surface area contributed by atoms with Gasteiger partial charge in [0.25, 0.3) is 0 Å². The van der Waals surface area contributed by atoms with Gasteiger partial charge in [0.2, 0.25) is 0 Å². The lowest BCUT2D eigenvalue weighted by molar-refractivity contribution is 0.184. The van der Waals surface area contributed by atoms with Crippen LogP contribution in [0.2, 0.25) is 0 Å². The van der Waals surface area contributed by atoms with Crippen molar-refractivity contribution < 1.29 is 4.74 Å². The Morgan fingerprint density at radius 2 is 2.47 bits per heavy atom. The molecule has 0 aliphatic heterocycles. The minimum atomic E-state index is 0.527. The van der Waals surface area contributed by atoms with E-state index in [0.29, 0.717) is 11.4 Å². The van der Waals surface area contributed by atoms with Crippen molar-refractivity contribution in [1.82, 2.24) is 19.7 Å². The molecule has 0 aliphatic rings. The number of methoxy groups -OCH3 is 1. The Morgan fingerprint density at radius 3 is 3.07 bits per heavy atom. The first kappa shape index (κ1) is 10.5. The number of thiazole rings is 1. The average molecular weight is 242 g/mol. The zero-order valence-corrected chi connectivity index (χ0v) is 9.98. The van der Waals surface area contributed by atoms with Gasteiger partial charge in [-0.3, -0.25) is 5.10 Å². The van der Waals surface area contributed by atoms with Crippen LogP contribution in [0.25, 0.3) is 11.5 Å². The third kappa shape index (κ3) is 1.99. The lowest BCUT2D eigenvalue weighted by atomic mass is 10.4. The van der Waals surface area contributed by atoms with E-state index < -0.39 is 0 Å². The molecule has 0 atom stereocenters. The van der Waals surface area contributed by atoms with Crippen molar-refractivity contribution in [2.24, 2.45) is 7.05 Å². The molecule has 2 aromatic heterocycles. The van der Waals surface area contributed by atoms with Crippen LogP contribution in [-0.2, 0) is 18.4 Å². The van der Waals surface area contributed by atoms with Crippen LogP contribution in [0.15, 0.2) is 5.38 Å². The Bertz CT molecular complexity index is 513. The predicted molar refractivity (Wildman–Crippen MR) is 60.2 cm³/mol. The summed E-state index contributed by atoms with van der Waals surface area (Å²) in [6, 6.07) is 0. The van der Waals surface area contributed by atoms with Gasteiger partial charge in [0.1, 0.15) is 10.7 Å². The van der Waals surface area contributed by atoms with E-state index in [0.717, 1.165) is 16.5 Å². The van der Waals surface area contributed by atoms with Gasteiger partial charge in [0, 0.05) is 19.5 Å². The van der Waals surface area contributed by atoms with Gasteiger partial charge in [0.05, 0.1) is 6.61 Å². The van der Waals surface area contributed by atoms with E-state index in [1.807, 2.05) is 12.4 Å². The molecular formula is C8H10N4OS2. The molecule has 2 heterocycles. The van der Waals surface area contributed by atoms with Gasteiger partial charge in [-0.2, -0.15) is 5.10 Å². The van der Waals surface area contributed by atoms with Crippen LogP contribution < -0.4 is 0 Å². The summed E-state index contributed by atoms with van der Waals surface area (Å²) in [5.41, 5.74) is 0.821. The molecule has 5 nitrogen and oxygen atoms in total. The van der Waals surface area contributed by atoms with Crippen LogP contribution in [0.5, 0.6) is 0 Å². The summed E-state index contributed by atoms with van der Waals surface area (Å²) in [5.74, 6) is 0.749. The Hall–Kier alpha value is -1.05. The van der Waals surface area contributed by atoms with Gasteiger partial charge >= 0.3 is 0 Å². The van der Waals surface area contributed by atoms with Gasteiger partial charge in [-0.25, -0.2) is 4.98 Å². The number of hydrogen-bond acceptors (Lipinski definition) is 5. The van der Waals surface area contributed by atoms with E-state index in [1.54, 1.807) is 23.0 Å². The highest BCUT2D eigenvalue weighted by molar-refractivity contribution is 7.71. The fourth-order valence-electron chi connectivity index (χ4n) is 1.18. The molecule has 0 bridgehead atoms. The van der Waals surface area contributed by atoms with Crippen LogP contribution >= 0.6 is 23.6 Å². The molecule has 0 radical (unpaired) electrons. The van der Waals surface area contributed by atoms with Crippen molar-refractivity contribution >= 4 is 23.6 Å². The zero-order chi connectivity index (χ0) is 10.8. The SMILES string of the molecule is COCc1nc(-c2n[nH]c(=S)n2C)cs1. The zero-order valence-electron chi connectivity index (χ0n) is 8.35. The fraction of sp³-hybridized carbons (Fsp3) is 0.375. The van der Waals surface area contributed by atoms with Crippen molar-refractivity contribution in [2.45, 2.75) is 6.61 Å². The van der Waals surface area contributed by atoms with E-state index in [1.165, 1.54) is 0 Å². The van der Waals surface area contributed by atoms with Gasteiger partial charge < -0.3 is 9.30 Å². The maximum Gasteiger partial charge on any atom is 0.195 e. The molecule has 0 unspecified atom stereocenters. The van der Waals surface area contributed by atoms with E-state index in [2.05, 4.69) is 15.2 Å². The summed E-state index contributed by atoms with van der Waals surface area (Å²) < 4.78 is 7.39. The number of rotatable bonds is 3. The minimum absolute atomic E-state index is 0.527. The third-order valence-electron chi connectivity index (χ3n) is 1.93. The quantitative estimate of drug-likeness (QED) is 0.833. The Kier molecular flexibility index (Phi) is 2.94. The molecule has 0 aromatic carbocycles. The lowest BCUT2D eigenvalue weighted by Crippen LogP contribution is -1.93. The van der Waals surface area contributed by atoms with Crippen molar-refractivity contribution in [3.05, 3.63) is 15.2 Å². The first-order valence-electron chi connectivity index (χ1n) is 4.27. The molecule has 0 amide bonds. The number of aromatic nitrogens is 4. The second-order valence-electron chi connectivity index (χ2n) is 2.97. The maximum absolute atomic E-state index is 5.03. The standard InChI is InChI=1S/C8H10N4OS2/c1-12-7(10-11-8(12)14)5-4-15-6(9-5)3-13-2/h4H,3H2,1-2H3,(H,11,14). The first-order chi connectivity index (χ1) is 7.22. The van der Waals surface area contributed by atoms with Crippen molar-refractivity contribution in [1.29, 1.82) is 0 Å². The highest BCUT2D eigenvalue weighted by Gasteiger charge is 2.09. The largest absolute Gasteiger partial charge is 0.378 e. The lowest BCUT2D eigenvalue weighted by Gasteiger charge is -1.94. The third-order valence-corrected chi connectivity index (χ3v) is 3.12. The van der Waals surface area contributed by atoms with E-state index in [4.69, 9.17) is 17.0 Å². The Balaban J connectivity index is 2.37. The van der Waals surface area contributed by atoms with Crippen LogP contribution in [0.1, 0.15) is 5.01 Å². The van der Waals surface area contributed by atoms with Crippen LogP contribution in [0, 0.1) is 4.77 Å². The molecular weight excluding hydrogens is 232 g/mol. The number of ether oxygens (including phenoxy) is 1. The first-order valence-corrected chi connectivity index (χ1v) is 5.56. The van der Waals surface area contributed by atoms with Gasteiger partial charge in [-0.05, 0) is 12.2 Å². The normalized spacial score (nSPS) is 10.8. The van der Waals surface area contributed by atoms with Gasteiger partial charge in [-0.1, -0.05) is 0 Å². The number of hydrogen-bond donors (Lipinski definition) is 1. The Labute approximate surface area is 95.7 Å². The van der Waals surface area contributed by atoms with Gasteiger partial charge in [0.15, 0.2) is 10.6 Å². The monoisotopic (exact) mass is 242 g/mol. The summed E-state index contributed by atoms with van der Waals surface area (Å²) in [4.78, 5) is 4.39. The minimum Gasteiger partial charge on any atom is -0.378 e. The smallest absolute Gasteiger partial charge is 0.195 e. The van der Waals surface area contributed by atoms with Crippen LogP contribution in [0.4, 0.5) is 0 Å². The summed E-state index contributed by atoms with van der Waals surface area (Å²) in [6.07, 6.45) is 0. The molecule has 0 saturated heterocycles. The maximum atomic E-state index is 5.03. The van der Waals surface area contributed by atoms with E-state index in [9.17, 15) is 0 Å². The molecule has 0 aliphatic carbocycles. The van der Waals surface area contributed by atoms with Gasteiger partial charge in [-0.15, -0.1) is 11.3 Å². The molecule has 7 heteroatoms. The number of nitrogens with zero attached hydrogens (tertiary/aromatic N) is 3. The topological polar surface area (TPSA) is 55.7 Å². The molecule has 15 heavy (non-hydrogen) atoms. The highest BCUT2D eigenvalue weighted by Crippen LogP contribution is 2.19. The molecule has 2 rings (SSSR count). The van der Waals surface area contributed by atoms with Crippen molar-refractivity contribution in [3.8, 4) is 11.5 Å². The summed E-state index contributed by atoms with van der Waals surface area (Å²) in [7, 11) is 3.51. The summed E-state index contributed by atoms with van der Waals surface area (Å²) in [6.45, 7) is 0.527. The fourth-order valence-corrected chi connectivity index (χ4v) is 2.05. The second-order valence-corrected chi connectivity index (χ2v) is 4.30. The molecule has 1 N–H and O–H groups in total. The summed E-state index contributed by atoms with van der Waals surface area (Å²) in [5, 5.41) is 9.71. The highest BCUT2D eigenvalue weighted by atomic mass is 32.1. The summed E-state index contributed by atoms with van der Waals surface area (Å²) >= 11 is 6.58. The average Bonchev–Trinajstić information content (AvgIpc) is 2.77. The van der Waals surface area contributed by atoms with E-state index in [-0.39, 0.29) is 0 Å². The number of H-pyrrole nitrogens is 1. The molecule has 0 spiro atoms. The van der Waals surface area contributed by atoms with Crippen molar-refractivity contribution in [2.75, 3.05) is 7.11 Å². The van der Waals surface area contributed by atoms with E-state index >= 15 is 0 Å². The Morgan fingerprint density at radius 1 is 1.67 bits per heavy atom. The molecule has 2 aromatic rings. The predicted octanol–water partition coefficient (Wildman–Crippen LogP) is 1.75. The van der Waals surface area contributed by atoms with Crippen LogP contribution in [0.3, 0.4) is 0 Å². The molecule has 0 saturated carbocycles. The second kappa shape index (κ2) is 4.21. The number of nitrogens with one attached hydrogen (secondary N) is 1. The molecule has 80 valence electrons. The van der Waals surface area contributed by atoms with Crippen LogP contribution in [-0.4, -0.2) is 26.9 Å².